The fourth-order valence-electron chi connectivity index (χ4n) is 2.01. The highest BCUT2D eigenvalue weighted by molar-refractivity contribution is 5.78. The van der Waals surface area contributed by atoms with Gasteiger partial charge >= 0.3 is 0 Å². The Kier molecular flexibility index (Phi) is 3.97. The molecule has 1 rings (SSSR count). The van der Waals surface area contributed by atoms with Crippen LogP contribution in [-0.2, 0) is 9.53 Å². The van der Waals surface area contributed by atoms with E-state index in [1.165, 1.54) is 0 Å². The number of β-amino-alcohol motifs (C(OH)–C–C–N with tert-alkyl or cyclic N) is 1. The zero-order chi connectivity index (χ0) is 12.4. The lowest BCUT2D eigenvalue weighted by atomic mass is 9.88. The van der Waals surface area contributed by atoms with Crippen molar-refractivity contribution >= 4 is 5.91 Å². The Morgan fingerprint density at radius 3 is 2.50 bits per heavy atom. The first kappa shape index (κ1) is 13.5. The minimum Gasteiger partial charge on any atom is -0.386 e. The van der Waals surface area contributed by atoms with Crippen LogP contribution >= 0.6 is 0 Å². The molecule has 1 heterocycles. The van der Waals surface area contributed by atoms with E-state index >= 15 is 0 Å². The van der Waals surface area contributed by atoms with Crippen molar-refractivity contribution in [2.24, 2.45) is 0 Å². The molecular formula is C12H23NO3. The van der Waals surface area contributed by atoms with E-state index in [2.05, 4.69) is 0 Å². The average molecular weight is 229 g/mol. The number of carbonyl (C=O) groups excluding carboxylic acids is 1. The molecule has 4 nitrogen and oxygen atoms in total. The molecule has 1 N–H and O–H groups in total. The fraction of sp³-hybridized carbons (Fsp3) is 0.917. The highest BCUT2D eigenvalue weighted by atomic mass is 16.5. The maximum absolute atomic E-state index is 11.8. The molecule has 0 aromatic heterocycles. The van der Waals surface area contributed by atoms with Crippen LogP contribution in [0, 0.1) is 0 Å². The maximum Gasteiger partial charge on any atom is 0.225 e. The molecule has 0 aromatic carbocycles. The summed E-state index contributed by atoms with van der Waals surface area (Å²) in [6.07, 6.45) is 2.08. The Balaban J connectivity index is 2.38. The second kappa shape index (κ2) is 4.72. The van der Waals surface area contributed by atoms with Crippen molar-refractivity contribution in [1.29, 1.82) is 0 Å². The van der Waals surface area contributed by atoms with Crippen LogP contribution in [0.2, 0.25) is 0 Å². The molecule has 1 fully saturated rings. The van der Waals surface area contributed by atoms with Gasteiger partial charge in [-0.2, -0.15) is 0 Å². The lowest BCUT2D eigenvalue weighted by Gasteiger charge is -2.47. The van der Waals surface area contributed by atoms with Gasteiger partial charge in [0.2, 0.25) is 5.91 Å². The van der Waals surface area contributed by atoms with Crippen molar-refractivity contribution in [3.8, 4) is 0 Å². The number of hydrogen-bond donors (Lipinski definition) is 1. The van der Waals surface area contributed by atoms with E-state index in [9.17, 15) is 9.90 Å². The smallest absolute Gasteiger partial charge is 0.225 e. The molecule has 0 spiro atoms. The third-order valence-electron chi connectivity index (χ3n) is 3.17. The number of aliphatic hydroxyl groups is 1. The second-order valence-electron chi connectivity index (χ2n) is 5.36. The highest BCUT2D eigenvalue weighted by Gasteiger charge is 2.43. The zero-order valence-corrected chi connectivity index (χ0v) is 10.7. The molecule has 0 saturated carbocycles. The van der Waals surface area contributed by atoms with Gasteiger partial charge in [-0.05, 0) is 20.3 Å². The van der Waals surface area contributed by atoms with Gasteiger partial charge < -0.3 is 14.7 Å². The molecule has 1 amide bonds. The van der Waals surface area contributed by atoms with E-state index < -0.39 is 11.2 Å². The number of nitrogens with zero attached hydrogens (tertiary/aromatic N) is 1. The highest BCUT2D eigenvalue weighted by Crippen LogP contribution is 2.27. The van der Waals surface area contributed by atoms with Crippen LogP contribution in [0.15, 0.2) is 0 Å². The summed E-state index contributed by atoms with van der Waals surface area (Å²) in [6, 6.07) is 0. The summed E-state index contributed by atoms with van der Waals surface area (Å²) in [5.74, 6) is 0.0626. The third-order valence-corrected chi connectivity index (χ3v) is 3.17. The van der Waals surface area contributed by atoms with Gasteiger partial charge in [-0.25, -0.2) is 0 Å². The second-order valence-corrected chi connectivity index (χ2v) is 5.36. The first-order valence-corrected chi connectivity index (χ1v) is 5.87. The predicted octanol–water partition coefficient (Wildman–Crippen LogP) is 1.17. The van der Waals surface area contributed by atoms with Crippen LogP contribution in [0.5, 0.6) is 0 Å². The molecule has 0 aromatic rings. The first-order chi connectivity index (χ1) is 7.32. The van der Waals surface area contributed by atoms with Gasteiger partial charge in [0.15, 0.2) is 0 Å². The molecule has 94 valence electrons. The van der Waals surface area contributed by atoms with Crippen molar-refractivity contribution in [1.82, 2.24) is 4.90 Å². The molecule has 0 bridgehead atoms. The molecule has 16 heavy (non-hydrogen) atoms. The minimum atomic E-state index is -0.637. The first-order valence-electron chi connectivity index (χ1n) is 5.87. The molecular weight excluding hydrogens is 206 g/mol. The van der Waals surface area contributed by atoms with Crippen LogP contribution in [0.1, 0.15) is 40.0 Å². The van der Waals surface area contributed by atoms with E-state index in [0.29, 0.717) is 19.5 Å². The summed E-state index contributed by atoms with van der Waals surface area (Å²) in [5, 5.41) is 9.96. The summed E-state index contributed by atoms with van der Waals surface area (Å²) < 4.78 is 5.22. The van der Waals surface area contributed by atoms with Gasteiger partial charge in [0.05, 0.1) is 30.7 Å². The lowest BCUT2D eigenvalue weighted by Crippen LogP contribution is -2.63. The number of carbonyl (C=O) groups is 1. The molecule has 1 saturated heterocycles. The van der Waals surface area contributed by atoms with Gasteiger partial charge in [-0.1, -0.05) is 13.3 Å². The number of hydrogen-bond acceptors (Lipinski definition) is 3. The van der Waals surface area contributed by atoms with Crippen molar-refractivity contribution in [2.75, 3.05) is 20.2 Å². The van der Waals surface area contributed by atoms with Crippen LogP contribution in [0.4, 0.5) is 0 Å². The Morgan fingerprint density at radius 2 is 2.06 bits per heavy atom. The molecule has 0 aliphatic carbocycles. The fourth-order valence-corrected chi connectivity index (χ4v) is 2.01. The Morgan fingerprint density at radius 1 is 1.50 bits per heavy atom. The van der Waals surface area contributed by atoms with Crippen LogP contribution < -0.4 is 0 Å². The predicted molar refractivity (Wildman–Crippen MR) is 62.1 cm³/mol. The Bertz CT molecular complexity index is 257. The van der Waals surface area contributed by atoms with E-state index in [-0.39, 0.29) is 5.91 Å². The maximum atomic E-state index is 11.8. The number of likely N-dealkylation sites (tertiary alicyclic amines) is 1. The van der Waals surface area contributed by atoms with Crippen molar-refractivity contribution in [3.05, 3.63) is 0 Å². The summed E-state index contributed by atoms with van der Waals surface area (Å²) in [7, 11) is 1.61. The quantitative estimate of drug-likeness (QED) is 0.770. The Hall–Kier alpha value is -0.610. The van der Waals surface area contributed by atoms with Crippen LogP contribution in [0.25, 0.3) is 0 Å². The number of ether oxygens (including phenoxy) is 1. The third kappa shape index (κ3) is 3.19. The normalized spacial score (nSPS) is 19.4. The van der Waals surface area contributed by atoms with Gasteiger partial charge in [-0.3, -0.25) is 4.79 Å². The van der Waals surface area contributed by atoms with Crippen molar-refractivity contribution < 1.29 is 14.6 Å². The molecule has 4 heteroatoms. The lowest BCUT2D eigenvalue weighted by molar-refractivity contribution is -0.161. The zero-order valence-electron chi connectivity index (χ0n) is 10.7. The topological polar surface area (TPSA) is 49.8 Å². The molecule has 1 aliphatic rings. The van der Waals surface area contributed by atoms with Crippen molar-refractivity contribution in [2.45, 2.75) is 51.2 Å². The summed E-state index contributed by atoms with van der Waals surface area (Å²) in [5.41, 5.74) is -1.06. The molecule has 0 radical (unpaired) electrons. The largest absolute Gasteiger partial charge is 0.386 e. The standard InChI is InChI=1S/C12H23NO3/c1-5-6-12(15)8-13(9-12)10(14)7-11(2,3)16-4/h15H,5-9H2,1-4H3. The summed E-state index contributed by atoms with van der Waals surface area (Å²) in [4.78, 5) is 13.5. The SMILES string of the molecule is CCCC1(O)CN(C(=O)CC(C)(C)OC)C1. The van der Waals surface area contributed by atoms with Gasteiger partial charge in [0.1, 0.15) is 0 Å². The molecule has 1 aliphatic heterocycles. The van der Waals surface area contributed by atoms with Crippen molar-refractivity contribution in [3.63, 3.8) is 0 Å². The molecule has 0 unspecified atom stereocenters. The van der Waals surface area contributed by atoms with E-state index in [0.717, 1.165) is 12.8 Å². The molecule has 0 atom stereocenters. The number of methoxy groups -OCH3 is 1. The van der Waals surface area contributed by atoms with Gasteiger partial charge in [-0.15, -0.1) is 0 Å². The van der Waals surface area contributed by atoms with Crippen LogP contribution in [0.3, 0.4) is 0 Å². The minimum absolute atomic E-state index is 0.0626. The summed E-state index contributed by atoms with van der Waals surface area (Å²) in [6.45, 7) is 6.77. The average Bonchev–Trinajstić information content (AvgIpc) is 2.13. The van der Waals surface area contributed by atoms with Crippen LogP contribution in [-0.4, -0.2) is 47.3 Å². The van der Waals surface area contributed by atoms with Gasteiger partial charge in [0.25, 0.3) is 0 Å². The van der Waals surface area contributed by atoms with E-state index in [1.54, 1.807) is 12.0 Å². The Labute approximate surface area is 97.6 Å². The number of amides is 1. The summed E-state index contributed by atoms with van der Waals surface area (Å²) >= 11 is 0. The monoisotopic (exact) mass is 229 g/mol. The van der Waals surface area contributed by atoms with E-state index in [4.69, 9.17) is 4.74 Å². The number of rotatable bonds is 5. The van der Waals surface area contributed by atoms with Gasteiger partial charge in [0, 0.05) is 7.11 Å². The van der Waals surface area contributed by atoms with E-state index in [1.807, 2.05) is 20.8 Å².